The van der Waals surface area contributed by atoms with Crippen molar-refractivity contribution in [2.75, 3.05) is 5.32 Å². The first-order chi connectivity index (χ1) is 13.5. The summed E-state index contributed by atoms with van der Waals surface area (Å²) < 4.78 is 59.0. The van der Waals surface area contributed by atoms with E-state index in [1.165, 1.54) is 25.3 Å². The molecule has 0 fully saturated rings. The average Bonchev–Trinajstić information content (AvgIpc) is 2.62. The highest BCUT2D eigenvalue weighted by atomic mass is 35.5. The van der Waals surface area contributed by atoms with Crippen LogP contribution < -0.4 is 11.1 Å². The lowest BCUT2D eigenvalue weighted by atomic mass is 9.91. The number of nitrogens with zero attached hydrogens (tertiary/aromatic N) is 3. The normalized spacial score (nSPS) is 21.9. The highest BCUT2D eigenvalue weighted by molar-refractivity contribution is 6.30. The first kappa shape index (κ1) is 20.8. The van der Waals surface area contributed by atoms with Crippen molar-refractivity contribution in [2.24, 2.45) is 10.7 Å². The van der Waals surface area contributed by atoms with Gasteiger partial charge in [-0.1, -0.05) is 11.6 Å². The van der Waals surface area contributed by atoms with E-state index < -0.39 is 47.7 Å². The zero-order valence-corrected chi connectivity index (χ0v) is 15.6. The number of carbonyl (C=O) groups is 1. The predicted octanol–water partition coefficient (Wildman–Crippen LogP) is 3.40. The number of halogens is 5. The molecule has 1 aliphatic heterocycles. The molecule has 0 saturated heterocycles. The van der Waals surface area contributed by atoms with Crippen LogP contribution in [0.3, 0.4) is 0 Å². The van der Waals surface area contributed by atoms with Crippen molar-refractivity contribution in [1.29, 1.82) is 0 Å². The molecule has 1 aliphatic rings. The number of ether oxygens (including phenoxy) is 1. The Balaban J connectivity index is 1.90. The van der Waals surface area contributed by atoms with Gasteiger partial charge in [0, 0.05) is 12.6 Å². The molecule has 2 aromatic rings. The van der Waals surface area contributed by atoms with Crippen LogP contribution >= 0.6 is 11.6 Å². The molecule has 0 aliphatic carbocycles. The van der Waals surface area contributed by atoms with Gasteiger partial charge in [0.2, 0.25) is 0 Å². The number of nitrogens with two attached hydrogens (primary N) is 1. The van der Waals surface area contributed by atoms with E-state index in [0.29, 0.717) is 5.02 Å². The van der Waals surface area contributed by atoms with Gasteiger partial charge in [0.15, 0.2) is 11.6 Å². The Morgan fingerprint density at radius 3 is 2.69 bits per heavy atom. The van der Waals surface area contributed by atoms with Crippen LogP contribution in [0.5, 0.6) is 0 Å². The number of hydrogen-bond donors (Lipinski definition) is 2. The van der Waals surface area contributed by atoms with E-state index >= 15 is 0 Å². The van der Waals surface area contributed by atoms with Gasteiger partial charge in [-0.2, -0.15) is 13.2 Å². The van der Waals surface area contributed by atoms with Crippen LogP contribution in [-0.2, 0) is 10.3 Å². The van der Waals surface area contributed by atoms with E-state index in [4.69, 9.17) is 22.1 Å². The quantitative estimate of drug-likeness (QED) is 0.725. The molecule has 29 heavy (non-hydrogen) atoms. The Hall–Kier alpha value is -2.95. The SMILES string of the molecule is C[C@@]1(c2nc(NC(=O)c3ccc(Cl)cn3)ccc2F)C[C@@H](C(F)(F)F)N=C(N)O1. The first-order valence-electron chi connectivity index (χ1n) is 8.17. The highest BCUT2D eigenvalue weighted by Crippen LogP contribution is 2.40. The van der Waals surface area contributed by atoms with Crippen molar-refractivity contribution < 1.29 is 27.1 Å². The van der Waals surface area contributed by atoms with Gasteiger partial charge in [0.25, 0.3) is 11.9 Å². The third-order valence-corrected chi connectivity index (χ3v) is 4.35. The number of anilines is 1. The van der Waals surface area contributed by atoms with Gasteiger partial charge in [-0.25, -0.2) is 19.4 Å². The van der Waals surface area contributed by atoms with Crippen LogP contribution in [0.1, 0.15) is 29.5 Å². The van der Waals surface area contributed by atoms with Gasteiger partial charge in [0.05, 0.1) is 5.02 Å². The van der Waals surface area contributed by atoms with Crippen LogP contribution in [0.15, 0.2) is 35.5 Å². The van der Waals surface area contributed by atoms with Crippen molar-refractivity contribution in [3.8, 4) is 0 Å². The van der Waals surface area contributed by atoms with Crippen molar-refractivity contribution in [3.63, 3.8) is 0 Å². The van der Waals surface area contributed by atoms with E-state index in [-0.39, 0.29) is 11.5 Å². The summed E-state index contributed by atoms with van der Waals surface area (Å²) in [7, 11) is 0. The van der Waals surface area contributed by atoms with Gasteiger partial charge >= 0.3 is 6.18 Å². The number of amidine groups is 1. The van der Waals surface area contributed by atoms with Gasteiger partial charge < -0.3 is 15.8 Å². The summed E-state index contributed by atoms with van der Waals surface area (Å²) >= 11 is 5.71. The summed E-state index contributed by atoms with van der Waals surface area (Å²) in [6.07, 6.45) is -4.17. The van der Waals surface area contributed by atoms with E-state index in [0.717, 1.165) is 12.1 Å². The molecule has 2 aromatic heterocycles. The summed E-state index contributed by atoms with van der Waals surface area (Å²) in [5, 5.41) is 2.72. The number of carbonyl (C=O) groups excluding carboxylic acids is 1. The third kappa shape index (κ3) is 4.56. The van der Waals surface area contributed by atoms with E-state index in [1.807, 2.05) is 0 Å². The largest absolute Gasteiger partial charge is 0.452 e. The minimum Gasteiger partial charge on any atom is -0.452 e. The summed E-state index contributed by atoms with van der Waals surface area (Å²) in [4.78, 5) is 23.2. The molecule has 3 N–H and O–H groups in total. The Kier molecular flexibility index (Phi) is 5.35. The second-order valence-corrected chi connectivity index (χ2v) is 6.84. The monoisotopic (exact) mass is 431 g/mol. The van der Waals surface area contributed by atoms with Crippen molar-refractivity contribution in [2.45, 2.75) is 31.2 Å². The van der Waals surface area contributed by atoms with Crippen LogP contribution in [0.25, 0.3) is 0 Å². The van der Waals surface area contributed by atoms with E-state index in [2.05, 4.69) is 20.3 Å². The molecule has 0 spiro atoms. The van der Waals surface area contributed by atoms with Gasteiger partial charge in [-0.15, -0.1) is 0 Å². The second kappa shape index (κ2) is 7.47. The number of aliphatic imine (C=N–C) groups is 1. The lowest BCUT2D eigenvalue weighted by Crippen LogP contribution is -2.46. The Morgan fingerprint density at radius 2 is 2.07 bits per heavy atom. The molecule has 12 heteroatoms. The number of nitrogens with one attached hydrogen (secondary N) is 1. The van der Waals surface area contributed by atoms with Gasteiger partial charge in [0.1, 0.15) is 23.0 Å². The molecule has 0 unspecified atom stereocenters. The van der Waals surface area contributed by atoms with E-state index in [1.54, 1.807) is 0 Å². The van der Waals surface area contributed by atoms with Crippen LogP contribution in [0, 0.1) is 5.82 Å². The molecule has 0 aromatic carbocycles. The highest BCUT2D eigenvalue weighted by Gasteiger charge is 2.50. The topological polar surface area (TPSA) is 102 Å². The maximum atomic E-state index is 14.4. The maximum absolute atomic E-state index is 14.4. The summed E-state index contributed by atoms with van der Waals surface area (Å²) in [5.41, 5.74) is 3.09. The average molecular weight is 432 g/mol. The fourth-order valence-electron chi connectivity index (χ4n) is 2.77. The number of alkyl halides is 3. The fourth-order valence-corrected chi connectivity index (χ4v) is 2.89. The third-order valence-electron chi connectivity index (χ3n) is 4.12. The van der Waals surface area contributed by atoms with Crippen LogP contribution in [-0.4, -0.2) is 34.1 Å². The second-order valence-electron chi connectivity index (χ2n) is 6.40. The maximum Gasteiger partial charge on any atom is 0.411 e. The standard InChI is InChI=1S/C17H14ClF4N5O2/c1-16(6-11(17(20,21)22)25-15(23)29-16)13-9(19)3-5-12(26-13)27-14(28)10-4-2-8(18)7-24-10/h2-5,7,11H,6H2,1H3,(H2,23,25)(H,26,27,28)/t11-,16-/m0/s1. The molecular weight excluding hydrogens is 418 g/mol. The molecule has 154 valence electrons. The zero-order chi connectivity index (χ0) is 21.4. The lowest BCUT2D eigenvalue weighted by molar-refractivity contribution is -0.164. The summed E-state index contributed by atoms with van der Waals surface area (Å²) in [5.74, 6) is -1.71. The fraction of sp³-hybridized carbons (Fsp3) is 0.294. The minimum absolute atomic E-state index is 0.00992. The number of amides is 1. The molecular formula is C17H14ClF4N5O2. The molecule has 7 nitrogen and oxygen atoms in total. The smallest absolute Gasteiger partial charge is 0.411 e. The molecule has 3 rings (SSSR count). The Morgan fingerprint density at radius 1 is 1.34 bits per heavy atom. The molecule has 0 saturated carbocycles. The minimum atomic E-state index is -4.70. The summed E-state index contributed by atoms with van der Waals surface area (Å²) in [6.45, 7) is 1.21. The Bertz CT molecular complexity index is 967. The van der Waals surface area contributed by atoms with Crippen LogP contribution in [0.4, 0.5) is 23.4 Å². The number of rotatable bonds is 3. The van der Waals surface area contributed by atoms with E-state index in [9.17, 15) is 22.4 Å². The predicted molar refractivity (Wildman–Crippen MR) is 95.9 cm³/mol. The van der Waals surface area contributed by atoms with Crippen molar-refractivity contribution in [1.82, 2.24) is 9.97 Å². The molecule has 1 amide bonds. The first-order valence-corrected chi connectivity index (χ1v) is 8.55. The lowest BCUT2D eigenvalue weighted by Gasteiger charge is -2.36. The van der Waals surface area contributed by atoms with Crippen LogP contribution in [0.2, 0.25) is 5.02 Å². The molecule has 2 atom stereocenters. The number of hydrogen-bond acceptors (Lipinski definition) is 6. The van der Waals surface area contributed by atoms with Crippen molar-refractivity contribution in [3.05, 3.63) is 52.7 Å². The molecule has 0 bridgehead atoms. The molecule has 3 heterocycles. The van der Waals surface area contributed by atoms with Crippen molar-refractivity contribution >= 4 is 29.3 Å². The van der Waals surface area contributed by atoms with Gasteiger partial charge in [-0.05, 0) is 31.2 Å². The summed E-state index contributed by atoms with van der Waals surface area (Å²) in [6, 6.07) is 1.99. The molecule has 0 radical (unpaired) electrons. The zero-order valence-electron chi connectivity index (χ0n) is 14.8. The number of pyridine rings is 2. The Labute approximate surface area is 167 Å². The number of aromatic nitrogens is 2. The van der Waals surface area contributed by atoms with Gasteiger partial charge in [-0.3, -0.25) is 4.79 Å².